The summed E-state index contributed by atoms with van der Waals surface area (Å²) in [5.41, 5.74) is 0.438. The molecular weight excluding hydrogens is 283 g/mol. The summed E-state index contributed by atoms with van der Waals surface area (Å²) in [5, 5.41) is 3.45. The Kier molecular flexibility index (Phi) is 5.06. The summed E-state index contributed by atoms with van der Waals surface area (Å²) in [6.07, 6.45) is 0.606. The van der Waals surface area contributed by atoms with Crippen LogP contribution in [0.1, 0.15) is 45.7 Å². The molecule has 1 aromatic rings. The highest BCUT2D eigenvalue weighted by Gasteiger charge is 2.30. The number of hydrogen-bond donors (Lipinski definition) is 1. The fourth-order valence-electron chi connectivity index (χ4n) is 2.61. The van der Waals surface area contributed by atoms with Crippen molar-refractivity contribution in [2.75, 3.05) is 13.1 Å². The van der Waals surface area contributed by atoms with Crippen molar-refractivity contribution in [3.05, 3.63) is 35.6 Å². The molecule has 0 spiro atoms. The summed E-state index contributed by atoms with van der Waals surface area (Å²) in [6, 6.07) is 6.84. The minimum Gasteiger partial charge on any atom is -0.444 e. The van der Waals surface area contributed by atoms with Crippen molar-refractivity contribution >= 4 is 6.09 Å². The summed E-state index contributed by atoms with van der Waals surface area (Å²) >= 11 is 0. The van der Waals surface area contributed by atoms with E-state index in [1.807, 2.05) is 33.8 Å². The molecular formula is C17H25FN2O2. The summed E-state index contributed by atoms with van der Waals surface area (Å²) < 4.78 is 18.7. The molecule has 5 heteroatoms. The van der Waals surface area contributed by atoms with Gasteiger partial charge in [-0.25, -0.2) is 9.18 Å². The van der Waals surface area contributed by atoms with E-state index in [9.17, 15) is 9.18 Å². The monoisotopic (exact) mass is 308 g/mol. The number of ether oxygens (including phenoxy) is 1. The Morgan fingerprint density at radius 1 is 1.45 bits per heavy atom. The van der Waals surface area contributed by atoms with Gasteiger partial charge in [-0.1, -0.05) is 12.1 Å². The van der Waals surface area contributed by atoms with Crippen LogP contribution in [0.15, 0.2) is 24.3 Å². The van der Waals surface area contributed by atoms with Crippen LogP contribution < -0.4 is 5.32 Å². The van der Waals surface area contributed by atoms with Gasteiger partial charge in [-0.2, -0.15) is 0 Å². The molecule has 1 unspecified atom stereocenters. The third-order valence-corrected chi connectivity index (χ3v) is 3.67. The van der Waals surface area contributed by atoms with Gasteiger partial charge in [0.1, 0.15) is 11.4 Å². The van der Waals surface area contributed by atoms with Gasteiger partial charge in [0, 0.05) is 25.2 Å². The molecule has 0 radical (unpaired) electrons. The number of likely N-dealkylation sites (tertiary alicyclic amines) is 1. The number of rotatable bonds is 3. The van der Waals surface area contributed by atoms with Crippen LogP contribution >= 0.6 is 0 Å². The molecule has 1 N–H and O–H groups in total. The second-order valence-electron chi connectivity index (χ2n) is 6.86. The fourth-order valence-corrected chi connectivity index (χ4v) is 2.61. The lowest BCUT2D eigenvalue weighted by Gasteiger charge is -2.25. The molecule has 4 nitrogen and oxygen atoms in total. The predicted molar refractivity (Wildman–Crippen MR) is 84.2 cm³/mol. The predicted octanol–water partition coefficient (Wildman–Crippen LogP) is 3.49. The maximum Gasteiger partial charge on any atom is 0.410 e. The van der Waals surface area contributed by atoms with E-state index in [-0.39, 0.29) is 24.0 Å². The van der Waals surface area contributed by atoms with E-state index in [1.54, 1.807) is 11.0 Å². The summed E-state index contributed by atoms with van der Waals surface area (Å²) in [4.78, 5) is 13.8. The highest BCUT2D eigenvalue weighted by Crippen LogP contribution is 2.19. The van der Waals surface area contributed by atoms with Crippen molar-refractivity contribution in [2.45, 2.75) is 51.8 Å². The van der Waals surface area contributed by atoms with Crippen LogP contribution in [0, 0.1) is 5.82 Å². The Morgan fingerprint density at radius 2 is 2.18 bits per heavy atom. The quantitative estimate of drug-likeness (QED) is 0.929. The van der Waals surface area contributed by atoms with Crippen molar-refractivity contribution in [3.8, 4) is 0 Å². The van der Waals surface area contributed by atoms with Crippen molar-refractivity contribution in [1.82, 2.24) is 10.2 Å². The molecule has 1 aliphatic heterocycles. The Hall–Kier alpha value is -1.62. The van der Waals surface area contributed by atoms with Gasteiger partial charge in [0.2, 0.25) is 0 Å². The molecule has 1 fully saturated rings. The molecule has 122 valence electrons. The van der Waals surface area contributed by atoms with E-state index in [1.165, 1.54) is 12.1 Å². The van der Waals surface area contributed by atoms with Crippen LogP contribution in [0.4, 0.5) is 9.18 Å². The molecule has 1 amide bonds. The molecule has 0 aliphatic carbocycles. The van der Waals surface area contributed by atoms with Gasteiger partial charge >= 0.3 is 6.09 Å². The minimum absolute atomic E-state index is 0.0410. The maximum absolute atomic E-state index is 13.3. The largest absolute Gasteiger partial charge is 0.444 e. The lowest BCUT2D eigenvalue weighted by Crippen LogP contribution is -2.39. The molecule has 1 saturated heterocycles. The van der Waals surface area contributed by atoms with E-state index in [4.69, 9.17) is 4.74 Å². The normalized spacial score (nSPS) is 20.0. The average Bonchev–Trinajstić information content (AvgIpc) is 2.85. The fraction of sp³-hybridized carbons (Fsp3) is 0.588. The highest BCUT2D eigenvalue weighted by atomic mass is 19.1. The maximum atomic E-state index is 13.3. The van der Waals surface area contributed by atoms with Crippen LogP contribution in [0.5, 0.6) is 0 Å². The summed E-state index contributed by atoms with van der Waals surface area (Å²) in [7, 11) is 0. The first kappa shape index (κ1) is 16.7. The molecule has 2 atom stereocenters. The van der Waals surface area contributed by atoms with Gasteiger partial charge in [-0.05, 0) is 51.8 Å². The lowest BCUT2D eigenvalue weighted by molar-refractivity contribution is 0.0290. The van der Waals surface area contributed by atoms with Crippen LogP contribution in [0.25, 0.3) is 0 Å². The first-order valence-corrected chi connectivity index (χ1v) is 7.74. The van der Waals surface area contributed by atoms with E-state index in [0.717, 1.165) is 12.0 Å². The minimum atomic E-state index is -0.475. The topological polar surface area (TPSA) is 41.6 Å². The molecule has 0 aromatic heterocycles. The number of hydrogen-bond acceptors (Lipinski definition) is 3. The highest BCUT2D eigenvalue weighted by molar-refractivity contribution is 5.68. The van der Waals surface area contributed by atoms with Crippen molar-refractivity contribution < 1.29 is 13.9 Å². The molecule has 22 heavy (non-hydrogen) atoms. The molecule has 0 bridgehead atoms. The van der Waals surface area contributed by atoms with Crippen molar-refractivity contribution in [3.63, 3.8) is 0 Å². The van der Waals surface area contributed by atoms with E-state index < -0.39 is 5.60 Å². The van der Waals surface area contributed by atoms with Crippen molar-refractivity contribution in [2.24, 2.45) is 0 Å². The van der Waals surface area contributed by atoms with Gasteiger partial charge in [0.05, 0.1) is 0 Å². The second kappa shape index (κ2) is 6.65. The zero-order valence-electron chi connectivity index (χ0n) is 13.7. The van der Waals surface area contributed by atoms with Gasteiger partial charge in [-0.3, -0.25) is 0 Å². The Labute approximate surface area is 131 Å². The number of halogens is 1. The van der Waals surface area contributed by atoms with E-state index in [0.29, 0.717) is 13.1 Å². The zero-order valence-corrected chi connectivity index (χ0v) is 13.7. The molecule has 1 aromatic carbocycles. The van der Waals surface area contributed by atoms with Crippen LogP contribution in [-0.4, -0.2) is 35.7 Å². The number of carbonyl (C=O) groups excluding carboxylic acids is 1. The van der Waals surface area contributed by atoms with Gasteiger partial charge < -0.3 is 15.0 Å². The Balaban J connectivity index is 1.87. The van der Waals surface area contributed by atoms with Crippen molar-refractivity contribution in [1.29, 1.82) is 0 Å². The van der Waals surface area contributed by atoms with Gasteiger partial charge in [0.25, 0.3) is 0 Å². The van der Waals surface area contributed by atoms with Gasteiger partial charge in [0.15, 0.2) is 0 Å². The zero-order chi connectivity index (χ0) is 16.3. The standard InChI is InChI=1S/C17H25FN2O2/c1-12(13-6-5-7-14(18)10-13)19-15-8-9-20(11-15)16(21)22-17(2,3)4/h5-7,10,12,15,19H,8-9,11H2,1-4H3/t12-,15?/m0/s1. The summed E-state index contributed by atoms with van der Waals surface area (Å²) in [5.74, 6) is -0.229. The number of amides is 1. The first-order chi connectivity index (χ1) is 10.2. The van der Waals surface area contributed by atoms with Crippen LogP contribution in [-0.2, 0) is 4.74 Å². The lowest BCUT2D eigenvalue weighted by atomic mass is 10.1. The Morgan fingerprint density at radius 3 is 2.82 bits per heavy atom. The summed E-state index contributed by atoms with van der Waals surface area (Å²) in [6.45, 7) is 8.90. The van der Waals surface area contributed by atoms with E-state index >= 15 is 0 Å². The number of carbonyl (C=O) groups is 1. The van der Waals surface area contributed by atoms with Gasteiger partial charge in [-0.15, -0.1) is 0 Å². The third kappa shape index (κ3) is 4.70. The van der Waals surface area contributed by atoms with Crippen LogP contribution in [0.3, 0.4) is 0 Å². The number of nitrogens with one attached hydrogen (secondary N) is 1. The first-order valence-electron chi connectivity index (χ1n) is 7.74. The number of benzene rings is 1. The SMILES string of the molecule is C[C@H](NC1CCN(C(=O)OC(C)(C)C)C1)c1cccc(F)c1. The molecule has 0 saturated carbocycles. The molecule has 1 heterocycles. The average molecular weight is 308 g/mol. The molecule has 2 rings (SSSR count). The second-order valence-corrected chi connectivity index (χ2v) is 6.86. The smallest absolute Gasteiger partial charge is 0.410 e. The Bertz CT molecular complexity index is 528. The molecule has 1 aliphatic rings. The number of nitrogens with zero attached hydrogens (tertiary/aromatic N) is 1. The van der Waals surface area contributed by atoms with Crippen LogP contribution in [0.2, 0.25) is 0 Å². The van der Waals surface area contributed by atoms with E-state index in [2.05, 4.69) is 5.32 Å². The third-order valence-electron chi connectivity index (χ3n) is 3.67.